The van der Waals surface area contributed by atoms with Crippen molar-refractivity contribution in [3.05, 3.63) is 29.8 Å². The van der Waals surface area contributed by atoms with E-state index in [1.54, 1.807) is 20.8 Å². The number of ether oxygens (including phenoxy) is 1. The molecular formula is C14H17F2NO3. The van der Waals surface area contributed by atoms with Gasteiger partial charge in [-0.1, -0.05) is 6.07 Å². The topological polar surface area (TPSA) is 55.4 Å². The van der Waals surface area contributed by atoms with E-state index in [4.69, 9.17) is 4.74 Å². The van der Waals surface area contributed by atoms with Crippen LogP contribution in [0.3, 0.4) is 0 Å². The summed E-state index contributed by atoms with van der Waals surface area (Å²) in [5.41, 5.74) is -1.15. The SMILES string of the molecule is CC(C)(C)OC(=O)CCC(=O)Nc1c(F)cccc1F. The van der Waals surface area contributed by atoms with Gasteiger partial charge in [0.25, 0.3) is 0 Å². The van der Waals surface area contributed by atoms with Gasteiger partial charge in [0.2, 0.25) is 5.91 Å². The van der Waals surface area contributed by atoms with Crippen molar-refractivity contribution in [2.24, 2.45) is 0 Å². The minimum Gasteiger partial charge on any atom is -0.460 e. The number of carbonyl (C=O) groups is 2. The molecule has 0 aliphatic rings. The molecule has 1 amide bonds. The van der Waals surface area contributed by atoms with E-state index >= 15 is 0 Å². The Hall–Kier alpha value is -1.98. The van der Waals surface area contributed by atoms with Crippen LogP contribution in [-0.2, 0) is 14.3 Å². The molecule has 1 aromatic carbocycles. The van der Waals surface area contributed by atoms with E-state index in [1.807, 2.05) is 0 Å². The summed E-state index contributed by atoms with van der Waals surface area (Å²) in [4.78, 5) is 22.9. The summed E-state index contributed by atoms with van der Waals surface area (Å²) in [6, 6.07) is 3.26. The van der Waals surface area contributed by atoms with Crippen molar-refractivity contribution >= 4 is 17.6 Å². The quantitative estimate of drug-likeness (QED) is 0.865. The van der Waals surface area contributed by atoms with Gasteiger partial charge in [-0.05, 0) is 32.9 Å². The molecule has 20 heavy (non-hydrogen) atoms. The average molecular weight is 285 g/mol. The number of halogens is 2. The van der Waals surface area contributed by atoms with E-state index in [-0.39, 0.29) is 12.8 Å². The molecule has 4 nitrogen and oxygen atoms in total. The van der Waals surface area contributed by atoms with Gasteiger partial charge in [-0.3, -0.25) is 9.59 Å². The fourth-order valence-corrected chi connectivity index (χ4v) is 1.43. The van der Waals surface area contributed by atoms with Gasteiger partial charge in [0.15, 0.2) is 0 Å². The molecule has 1 rings (SSSR count). The Balaban J connectivity index is 2.51. The second kappa shape index (κ2) is 6.45. The van der Waals surface area contributed by atoms with Crippen LogP contribution in [0.1, 0.15) is 33.6 Å². The Morgan fingerprint density at radius 1 is 1.15 bits per heavy atom. The van der Waals surface area contributed by atoms with Crippen LogP contribution in [0.15, 0.2) is 18.2 Å². The zero-order chi connectivity index (χ0) is 15.3. The summed E-state index contributed by atoms with van der Waals surface area (Å²) < 4.78 is 31.6. The van der Waals surface area contributed by atoms with Gasteiger partial charge in [-0.15, -0.1) is 0 Å². The van der Waals surface area contributed by atoms with Crippen LogP contribution >= 0.6 is 0 Å². The number of amides is 1. The van der Waals surface area contributed by atoms with Crippen LogP contribution in [0.5, 0.6) is 0 Å². The Morgan fingerprint density at radius 2 is 1.70 bits per heavy atom. The number of rotatable bonds is 4. The zero-order valence-electron chi connectivity index (χ0n) is 11.6. The summed E-state index contributed by atoms with van der Waals surface area (Å²) in [5, 5.41) is 2.10. The van der Waals surface area contributed by atoms with Gasteiger partial charge in [0.1, 0.15) is 22.9 Å². The fourth-order valence-electron chi connectivity index (χ4n) is 1.43. The second-order valence-electron chi connectivity index (χ2n) is 5.23. The minimum absolute atomic E-state index is 0.154. The van der Waals surface area contributed by atoms with Gasteiger partial charge >= 0.3 is 5.97 Å². The number of hydrogen-bond acceptors (Lipinski definition) is 3. The molecule has 0 radical (unpaired) electrons. The van der Waals surface area contributed by atoms with Crippen molar-refractivity contribution in [3.63, 3.8) is 0 Å². The van der Waals surface area contributed by atoms with Gasteiger partial charge in [-0.2, -0.15) is 0 Å². The lowest BCUT2D eigenvalue weighted by atomic mass is 10.2. The van der Waals surface area contributed by atoms with Crippen LogP contribution in [0, 0.1) is 11.6 Å². The van der Waals surface area contributed by atoms with E-state index in [0.717, 1.165) is 12.1 Å². The van der Waals surface area contributed by atoms with Gasteiger partial charge < -0.3 is 10.1 Å². The maximum Gasteiger partial charge on any atom is 0.306 e. The van der Waals surface area contributed by atoms with Gasteiger partial charge in [-0.25, -0.2) is 8.78 Å². The highest BCUT2D eigenvalue weighted by Crippen LogP contribution is 2.18. The molecule has 0 spiro atoms. The van der Waals surface area contributed by atoms with E-state index in [0.29, 0.717) is 0 Å². The second-order valence-corrected chi connectivity index (χ2v) is 5.23. The maximum atomic E-state index is 13.3. The van der Waals surface area contributed by atoms with Gasteiger partial charge in [0.05, 0.1) is 6.42 Å². The van der Waals surface area contributed by atoms with E-state index in [1.165, 1.54) is 6.07 Å². The molecule has 0 saturated carbocycles. The van der Waals surface area contributed by atoms with Crippen molar-refractivity contribution in [2.75, 3.05) is 5.32 Å². The van der Waals surface area contributed by atoms with Crippen LogP contribution in [-0.4, -0.2) is 17.5 Å². The third-order valence-corrected chi connectivity index (χ3v) is 2.20. The van der Waals surface area contributed by atoms with E-state index in [9.17, 15) is 18.4 Å². The summed E-state index contributed by atoms with van der Waals surface area (Å²) in [7, 11) is 0. The molecule has 6 heteroatoms. The number of hydrogen-bond donors (Lipinski definition) is 1. The summed E-state index contributed by atoms with van der Waals surface area (Å²) in [6.07, 6.45) is -0.359. The highest BCUT2D eigenvalue weighted by molar-refractivity contribution is 5.92. The molecule has 0 aromatic heterocycles. The predicted octanol–water partition coefficient (Wildman–Crippen LogP) is 3.03. The first-order valence-corrected chi connectivity index (χ1v) is 6.15. The Kier molecular flexibility index (Phi) is 5.19. The molecule has 0 unspecified atom stereocenters. The molecular weight excluding hydrogens is 268 g/mol. The average Bonchev–Trinajstić information content (AvgIpc) is 2.29. The van der Waals surface area contributed by atoms with Crippen molar-refractivity contribution in [1.29, 1.82) is 0 Å². The summed E-state index contributed by atoms with van der Waals surface area (Å²) in [6.45, 7) is 5.12. The maximum absolute atomic E-state index is 13.3. The number of anilines is 1. The van der Waals surface area contributed by atoms with Crippen molar-refractivity contribution in [2.45, 2.75) is 39.2 Å². The van der Waals surface area contributed by atoms with Crippen LogP contribution in [0.4, 0.5) is 14.5 Å². The lowest BCUT2D eigenvalue weighted by Crippen LogP contribution is -2.25. The lowest BCUT2D eigenvalue weighted by Gasteiger charge is -2.19. The van der Waals surface area contributed by atoms with Crippen LogP contribution < -0.4 is 5.32 Å². The van der Waals surface area contributed by atoms with E-state index < -0.39 is 34.8 Å². The third kappa shape index (κ3) is 5.34. The van der Waals surface area contributed by atoms with Crippen molar-refractivity contribution in [3.8, 4) is 0 Å². The summed E-state index contributed by atoms with van der Waals surface area (Å²) >= 11 is 0. The minimum atomic E-state index is -0.865. The monoisotopic (exact) mass is 285 g/mol. The largest absolute Gasteiger partial charge is 0.460 e. The van der Waals surface area contributed by atoms with Crippen LogP contribution in [0.2, 0.25) is 0 Å². The number of para-hydroxylation sites is 1. The lowest BCUT2D eigenvalue weighted by molar-refractivity contribution is -0.155. The number of benzene rings is 1. The van der Waals surface area contributed by atoms with Gasteiger partial charge in [0, 0.05) is 6.42 Å². The molecule has 0 aliphatic carbocycles. The fraction of sp³-hybridized carbons (Fsp3) is 0.429. The molecule has 0 heterocycles. The Bertz CT molecular complexity index is 489. The highest BCUT2D eigenvalue weighted by Gasteiger charge is 2.18. The number of nitrogens with one attached hydrogen (secondary N) is 1. The van der Waals surface area contributed by atoms with Crippen molar-refractivity contribution < 1.29 is 23.1 Å². The Labute approximate surface area is 116 Å². The zero-order valence-corrected chi connectivity index (χ0v) is 11.6. The first-order valence-electron chi connectivity index (χ1n) is 6.15. The summed E-state index contributed by atoms with van der Waals surface area (Å²) in [5.74, 6) is -2.92. The third-order valence-electron chi connectivity index (χ3n) is 2.20. The molecule has 0 fully saturated rings. The van der Waals surface area contributed by atoms with E-state index in [2.05, 4.69) is 5.32 Å². The van der Waals surface area contributed by atoms with Crippen LogP contribution in [0.25, 0.3) is 0 Å². The highest BCUT2D eigenvalue weighted by atomic mass is 19.1. The molecule has 0 bridgehead atoms. The normalized spacial score (nSPS) is 11.1. The smallest absolute Gasteiger partial charge is 0.306 e. The predicted molar refractivity (Wildman–Crippen MR) is 70.1 cm³/mol. The molecule has 0 atom stereocenters. The first-order chi connectivity index (χ1) is 9.19. The number of esters is 1. The molecule has 1 N–H and O–H groups in total. The first kappa shape index (κ1) is 16.1. The molecule has 1 aromatic rings. The van der Waals surface area contributed by atoms with Crippen molar-refractivity contribution in [1.82, 2.24) is 0 Å². The standard InChI is InChI=1S/C14H17F2NO3/c1-14(2,3)20-12(19)8-7-11(18)17-13-9(15)5-4-6-10(13)16/h4-6H,7-8H2,1-3H3,(H,17,18). The Morgan fingerprint density at radius 3 is 2.20 bits per heavy atom. The molecule has 0 saturated heterocycles. The number of carbonyl (C=O) groups excluding carboxylic acids is 2. The molecule has 110 valence electrons. The molecule has 0 aliphatic heterocycles.